The molecule has 23 heavy (non-hydrogen) atoms. The summed E-state index contributed by atoms with van der Waals surface area (Å²) >= 11 is 0. The molecule has 0 aliphatic carbocycles. The minimum Gasteiger partial charge on any atom is -1.00 e. The number of carbonyl (C=O) groups is 1. The van der Waals surface area contributed by atoms with Crippen molar-refractivity contribution in [3.05, 3.63) is 0 Å². The number of carboxylic acid groups (broad SMARTS) is 1. The Hall–Kier alpha value is 0.900. The van der Waals surface area contributed by atoms with Gasteiger partial charge in [0.1, 0.15) is 6.54 Å². The molecule has 3 N–H and O–H groups in total. The molecule has 0 aromatic heterocycles. The van der Waals surface area contributed by atoms with Crippen LogP contribution < -0.4 is 59.1 Å². The minimum absolute atomic E-state index is 0. The summed E-state index contributed by atoms with van der Waals surface area (Å²) in [5.41, 5.74) is 0. The van der Waals surface area contributed by atoms with E-state index in [4.69, 9.17) is 5.11 Å². The van der Waals surface area contributed by atoms with Crippen LogP contribution in [0.5, 0.6) is 0 Å². The first-order valence-corrected chi connectivity index (χ1v) is 8.24. The van der Waals surface area contributed by atoms with Crippen LogP contribution in [0.1, 0.15) is 74.0 Å². The molecule has 0 bridgehead atoms. The first-order valence-electron chi connectivity index (χ1n) is 8.24. The average molecular weight is 348 g/mol. The summed E-state index contributed by atoms with van der Waals surface area (Å²) in [6.07, 6.45) is 12.8. The molecule has 0 atom stereocenters. The molecular weight excluding hydrogens is 314 g/mol. The van der Waals surface area contributed by atoms with E-state index in [0.29, 0.717) is 0 Å². The molecule has 0 amide bonds. The van der Waals surface area contributed by atoms with Gasteiger partial charge in [-0.3, -0.25) is 9.79 Å². The van der Waals surface area contributed by atoms with Crippen LogP contribution in [0.4, 0.5) is 0 Å². The number of aliphatic carboxylic acids is 1. The molecule has 0 unspecified atom stereocenters. The van der Waals surface area contributed by atoms with Crippen LogP contribution in [0, 0.1) is 0 Å². The summed E-state index contributed by atoms with van der Waals surface area (Å²) in [6.45, 7) is 3.90. The van der Waals surface area contributed by atoms with Gasteiger partial charge in [-0.1, -0.05) is 58.3 Å². The second kappa shape index (κ2) is 19.2. The van der Waals surface area contributed by atoms with Crippen LogP contribution in [-0.4, -0.2) is 46.9 Å². The number of hydrogen-bond acceptors (Lipinski definition) is 3. The Morgan fingerprint density at radius 3 is 2.13 bits per heavy atom. The van der Waals surface area contributed by atoms with E-state index in [1.807, 2.05) is 4.90 Å². The number of amidine groups is 1. The fourth-order valence-electron chi connectivity index (χ4n) is 2.69. The standard InChI is InChI=1S/C16H30N2O2.2Na.H2O.2H/c1-2-3-4-5-6-7-8-9-10-11-15-17-12-13-18(15)14-16(19)20;;;;;/h2-14H2,1H3,(H,19,20);;;1H2;;/q;2*+1;;2*-1. The zero-order valence-corrected chi connectivity index (χ0v) is 19.4. The van der Waals surface area contributed by atoms with E-state index in [2.05, 4.69) is 11.9 Å². The van der Waals surface area contributed by atoms with Crippen molar-refractivity contribution in [3.63, 3.8) is 0 Å². The monoisotopic (exact) mass is 348 g/mol. The van der Waals surface area contributed by atoms with Gasteiger partial charge in [-0.05, 0) is 6.42 Å². The SMILES string of the molecule is CCCCCCCCCCCC1=NCCN1CC(=O)O.O.[H-].[H-].[Na+].[Na+]. The van der Waals surface area contributed by atoms with Crippen LogP contribution in [0.25, 0.3) is 0 Å². The van der Waals surface area contributed by atoms with Gasteiger partial charge in [0.15, 0.2) is 0 Å². The third-order valence-corrected chi connectivity index (χ3v) is 3.86. The first kappa shape index (κ1) is 28.7. The summed E-state index contributed by atoms with van der Waals surface area (Å²) in [7, 11) is 0. The molecule has 0 aromatic carbocycles. The van der Waals surface area contributed by atoms with Crippen molar-refractivity contribution in [1.29, 1.82) is 0 Å². The van der Waals surface area contributed by atoms with Gasteiger partial charge in [0.25, 0.3) is 0 Å². The zero-order valence-electron chi connectivity index (χ0n) is 17.4. The van der Waals surface area contributed by atoms with Crippen molar-refractivity contribution in [2.24, 2.45) is 4.99 Å². The van der Waals surface area contributed by atoms with Gasteiger partial charge in [-0.25, -0.2) is 0 Å². The Labute approximate surface area is 188 Å². The van der Waals surface area contributed by atoms with E-state index in [1.54, 1.807) is 0 Å². The number of hydrogen-bond donors (Lipinski definition) is 1. The predicted octanol–water partition coefficient (Wildman–Crippen LogP) is -2.89. The van der Waals surface area contributed by atoms with E-state index in [0.717, 1.165) is 31.8 Å². The van der Waals surface area contributed by atoms with Gasteiger partial charge >= 0.3 is 65.1 Å². The molecule has 1 rings (SSSR count). The van der Waals surface area contributed by atoms with Crippen molar-refractivity contribution < 1.29 is 77.3 Å². The number of carboxylic acids is 1. The number of unbranched alkanes of at least 4 members (excludes halogenated alkanes) is 8. The van der Waals surface area contributed by atoms with Crippen molar-refractivity contribution in [1.82, 2.24) is 4.90 Å². The molecule has 7 heteroatoms. The maximum atomic E-state index is 10.7. The number of rotatable bonds is 12. The van der Waals surface area contributed by atoms with E-state index in [1.165, 1.54) is 51.4 Å². The average Bonchev–Trinajstić information content (AvgIpc) is 2.83. The first-order chi connectivity index (χ1) is 9.74. The maximum absolute atomic E-state index is 10.7. The summed E-state index contributed by atoms with van der Waals surface area (Å²) in [6, 6.07) is 0. The Morgan fingerprint density at radius 2 is 1.61 bits per heavy atom. The topological polar surface area (TPSA) is 84.4 Å². The number of nitrogens with zero attached hydrogens (tertiary/aromatic N) is 2. The quantitative estimate of drug-likeness (QED) is 0.304. The van der Waals surface area contributed by atoms with E-state index >= 15 is 0 Å². The van der Waals surface area contributed by atoms with Crippen molar-refractivity contribution in [3.8, 4) is 0 Å². The fourth-order valence-corrected chi connectivity index (χ4v) is 2.69. The summed E-state index contributed by atoms with van der Waals surface area (Å²) < 4.78 is 0. The van der Waals surface area contributed by atoms with Gasteiger partial charge in [0.05, 0.1) is 12.4 Å². The van der Waals surface area contributed by atoms with Crippen LogP contribution in [0.15, 0.2) is 4.99 Å². The Morgan fingerprint density at radius 1 is 1.09 bits per heavy atom. The Bertz CT molecular complexity index is 326. The van der Waals surface area contributed by atoms with Gasteiger partial charge in [-0.15, -0.1) is 0 Å². The predicted molar refractivity (Wildman–Crippen MR) is 89.2 cm³/mol. The van der Waals surface area contributed by atoms with Crippen molar-refractivity contribution in [2.45, 2.75) is 71.1 Å². The van der Waals surface area contributed by atoms with Crippen LogP contribution in [-0.2, 0) is 4.79 Å². The largest absolute Gasteiger partial charge is 1.00 e. The van der Waals surface area contributed by atoms with Gasteiger partial charge < -0.3 is 18.3 Å². The molecule has 1 heterocycles. The molecule has 128 valence electrons. The molecular formula is C16H34N2Na2O3. The van der Waals surface area contributed by atoms with Crippen LogP contribution in [0.3, 0.4) is 0 Å². The molecule has 0 radical (unpaired) electrons. The third-order valence-electron chi connectivity index (χ3n) is 3.86. The second-order valence-electron chi connectivity index (χ2n) is 5.69. The Kier molecular flexibility index (Phi) is 24.0. The summed E-state index contributed by atoms with van der Waals surface area (Å²) in [5.74, 6) is 0.252. The molecule has 0 spiro atoms. The molecule has 0 saturated heterocycles. The summed E-state index contributed by atoms with van der Waals surface area (Å²) in [4.78, 5) is 17.1. The van der Waals surface area contributed by atoms with Crippen molar-refractivity contribution in [2.75, 3.05) is 19.6 Å². The fraction of sp³-hybridized carbons (Fsp3) is 0.875. The van der Waals surface area contributed by atoms with Crippen LogP contribution in [0.2, 0.25) is 0 Å². The molecule has 5 nitrogen and oxygen atoms in total. The smallest absolute Gasteiger partial charge is 1.00 e. The molecule has 0 saturated carbocycles. The van der Waals surface area contributed by atoms with E-state index < -0.39 is 5.97 Å². The summed E-state index contributed by atoms with van der Waals surface area (Å²) in [5, 5.41) is 8.83. The maximum Gasteiger partial charge on any atom is 1.00 e. The van der Waals surface area contributed by atoms with Crippen LogP contribution >= 0.6 is 0 Å². The van der Waals surface area contributed by atoms with Gasteiger partial charge in [0, 0.05) is 13.0 Å². The molecule has 1 aliphatic heterocycles. The second-order valence-corrected chi connectivity index (χ2v) is 5.69. The zero-order chi connectivity index (χ0) is 14.6. The minimum atomic E-state index is -0.758. The van der Waals surface area contributed by atoms with E-state index in [9.17, 15) is 4.79 Å². The van der Waals surface area contributed by atoms with Gasteiger partial charge in [0.2, 0.25) is 0 Å². The van der Waals surface area contributed by atoms with Crippen molar-refractivity contribution >= 4 is 11.8 Å². The normalized spacial score (nSPS) is 12.7. The Balaban J connectivity index is -0.000000267. The van der Waals surface area contributed by atoms with Gasteiger partial charge in [-0.2, -0.15) is 0 Å². The molecule has 0 aromatic rings. The number of aliphatic imine (C=N–C) groups is 1. The van der Waals surface area contributed by atoms with E-state index in [-0.39, 0.29) is 74.0 Å². The molecule has 0 fully saturated rings. The third kappa shape index (κ3) is 14.9. The molecule has 1 aliphatic rings.